The van der Waals surface area contributed by atoms with Crippen molar-refractivity contribution < 1.29 is 14.3 Å². The van der Waals surface area contributed by atoms with Crippen molar-refractivity contribution in [3.05, 3.63) is 24.3 Å². The molecule has 1 aromatic carbocycles. The van der Waals surface area contributed by atoms with Crippen molar-refractivity contribution in [2.45, 2.75) is 50.3 Å². The summed E-state index contributed by atoms with van der Waals surface area (Å²) in [7, 11) is 1.65. The molecule has 2 aliphatic heterocycles. The maximum atomic E-state index is 12.9. The average Bonchev–Trinajstić information content (AvgIpc) is 3.23. The van der Waals surface area contributed by atoms with Crippen LogP contribution in [0.1, 0.15) is 32.1 Å². The number of carbonyl (C=O) groups is 1. The molecule has 3 aliphatic rings. The van der Waals surface area contributed by atoms with Crippen LogP contribution in [0, 0.1) is 5.92 Å². The molecule has 0 unspecified atom stereocenters. The Bertz CT molecular complexity index is 606. The Labute approximate surface area is 143 Å². The molecule has 0 spiro atoms. The van der Waals surface area contributed by atoms with E-state index in [1.54, 1.807) is 7.11 Å². The second kappa shape index (κ2) is 6.73. The normalized spacial score (nSPS) is 32.9. The summed E-state index contributed by atoms with van der Waals surface area (Å²) in [5.74, 6) is 1.50. The Morgan fingerprint density at radius 2 is 2.08 bits per heavy atom. The van der Waals surface area contributed by atoms with Gasteiger partial charge in [-0.15, -0.1) is 0 Å². The van der Waals surface area contributed by atoms with Gasteiger partial charge in [0.2, 0.25) is 5.91 Å². The van der Waals surface area contributed by atoms with Gasteiger partial charge in [0.1, 0.15) is 5.75 Å². The molecule has 0 aromatic heterocycles. The summed E-state index contributed by atoms with van der Waals surface area (Å²) in [4.78, 5) is 14.8. The molecular weight excluding hydrogens is 304 g/mol. The van der Waals surface area contributed by atoms with E-state index in [2.05, 4.69) is 5.32 Å². The minimum Gasteiger partial charge on any atom is -0.495 e. The van der Waals surface area contributed by atoms with Gasteiger partial charge in [-0.1, -0.05) is 12.1 Å². The van der Waals surface area contributed by atoms with E-state index < -0.39 is 0 Å². The van der Waals surface area contributed by atoms with Gasteiger partial charge in [-0.05, 0) is 44.2 Å². The summed E-state index contributed by atoms with van der Waals surface area (Å²) in [6.45, 7) is 1.62. The second-order valence-corrected chi connectivity index (χ2v) is 7.07. The van der Waals surface area contributed by atoms with Gasteiger partial charge in [0.15, 0.2) is 0 Å². The van der Waals surface area contributed by atoms with Gasteiger partial charge in [-0.2, -0.15) is 0 Å². The van der Waals surface area contributed by atoms with E-state index in [0.29, 0.717) is 18.1 Å². The quantitative estimate of drug-likeness (QED) is 0.921. The zero-order valence-corrected chi connectivity index (χ0v) is 14.2. The molecular formula is C19H26N2O3. The van der Waals surface area contributed by atoms with Crippen molar-refractivity contribution in [3.63, 3.8) is 0 Å². The van der Waals surface area contributed by atoms with Gasteiger partial charge in [0.05, 0.1) is 24.9 Å². The first-order valence-electron chi connectivity index (χ1n) is 9.10. The molecule has 0 bridgehead atoms. The highest BCUT2D eigenvalue weighted by Crippen LogP contribution is 2.36. The van der Waals surface area contributed by atoms with Crippen LogP contribution in [0.5, 0.6) is 5.75 Å². The summed E-state index contributed by atoms with van der Waals surface area (Å²) < 4.78 is 11.3. The number of benzene rings is 1. The van der Waals surface area contributed by atoms with Crippen molar-refractivity contribution in [2.24, 2.45) is 5.92 Å². The number of hydrogen-bond acceptors (Lipinski definition) is 4. The number of anilines is 1. The van der Waals surface area contributed by atoms with Gasteiger partial charge in [0.25, 0.3) is 0 Å². The number of methoxy groups -OCH3 is 1. The first-order valence-corrected chi connectivity index (χ1v) is 9.10. The summed E-state index contributed by atoms with van der Waals surface area (Å²) in [5.41, 5.74) is 0.875. The summed E-state index contributed by atoms with van der Waals surface area (Å²) in [6.07, 6.45) is 5.90. The standard InChI is InChI=1S/C19H26N2O3/c1-23-18-7-3-2-6-16(18)21-11-9-15(19(21)22)20-14-5-4-8-17-13(14)10-12-24-17/h2-3,6-7,13-15,17,20H,4-5,8-12H2,1H3/t13-,14+,15-,17-/m0/s1. The summed E-state index contributed by atoms with van der Waals surface area (Å²) >= 11 is 0. The van der Waals surface area contributed by atoms with Crippen LogP contribution in [-0.2, 0) is 9.53 Å². The molecule has 1 aliphatic carbocycles. The summed E-state index contributed by atoms with van der Waals surface area (Å²) in [5, 5.41) is 3.66. The fourth-order valence-electron chi connectivity index (χ4n) is 4.57. The van der Waals surface area contributed by atoms with E-state index in [1.165, 1.54) is 12.8 Å². The second-order valence-electron chi connectivity index (χ2n) is 7.07. The molecule has 5 heteroatoms. The molecule has 2 saturated heterocycles. The van der Waals surface area contributed by atoms with Crippen LogP contribution in [0.2, 0.25) is 0 Å². The molecule has 1 aromatic rings. The number of nitrogens with one attached hydrogen (secondary N) is 1. The Morgan fingerprint density at radius 3 is 2.96 bits per heavy atom. The van der Waals surface area contributed by atoms with Crippen LogP contribution in [0.4, 0.5) is 5.69 Å². The fourth-order valence-corrected chi connectivity index (χ4v) is 4.57. The number of amides is 1. The largest absolute Gasteiger partial charge is 0.495 e. The van der Waals surface area contributed by atoms with Gasteiger partial charge >= 0.3 is 0 Å². The van der Waals surface area contributed by atoms with Gasteiger partial charge in [-0.25, -0.2) is 0 Å². The molecule has 1 saturated carbocycles. The summed E-state index contributed by atoms with van der Waals surface area (Å²) in [6, 6.07) is 8.08. The Kier molecular flexibility index (Phi) is 4.46. The highest BCUT2D eigenvalue weighted by molar-refractivity contribution is 6.00. The van der Waals surface area contributed by atoms with Crippen LogP contribution in [-0.4, -0.2) is 44.4 Å². The van der Waals surface area contributed by atoms with Gasteiger partial charge in [0, 0.05) is 25.1 Å². The zero-order valence-electron chi connectivity index (χ0n) is 14.2. The SMILES string of the molecule is COc1ccccc1N1CC[C@H](N[C@@H]2CCC[C@@H]3OCC[C@H]32)C1=O. The number of carbonyl (C=O) groups excluding carboxylic acids is 1. The van der Waals surface area contributed by atoms with Crippen LogP contribution in [0.25, 0.3) is 0 Å². The molecule has 4 atom stereocenters. The number of rotatable bonds is 4. The molecule has 5 nitrogen and oxygen atoms in total. The predicted octanol–water partition coefficient (Wildman–Crippen LogP) is 2.35. The van der Waals surface area contributed by atoms with Crippen molar-refractivity contribution in [1.29, 1.82) is 0 Å². The van der Waals surface area contributed by atoms with Crippen molar-refractivity contribution in [3.8, 4) is 5.75 Å². The van der Waals surface area contributed by atoms with E-state index in [9.17, 15) is 4.79 Å². The maximum Gasteiger partial charge on any atom is 0.244 e. The molecule has 24 heavy (non-hydrogen) atoms. The molecule has 1 N–H and O–H groups in total. The third-order valence-corrected chi connectivity index (χ3v) is 5.78. The molecule has 3 fully saturated rings. The highest BCUT2D eigenvalue weighted by Gasteiger charge is 2.41. The monoisotopic (exact) mass is 330 g/mol. The van der Waals surface area contributed by atoms with Crippen LogP contribution in [0.15, 0.2) is 24.3 Å². The lowest BCUT2D eigenvalue weighted by atomic mass is 9.81. The number of hydrogen-bond donors (Lipinski definition) is 1. The van der Waals surface area contributed by atoms with E-state index in [-0.39, 0.29) is 11.9 Å². The van der Waals surface area contributed by atoms with Crippen molar-refractivity contribution in [1.82, 2.24) is 5.32 Å². The topological polar surface area (TPSA) is 50.8 Å². The Balaban J connectivity index is 1.45. The molecule has 2 heterocycles. The predicted molar refractivity (Wildman–Crippen MR) is 92.4 cm³/mol. The van der Waals surface area contributed by atoms with Gasteiger partial charge < -0.3 is 19.7 Å². The number of nitrogens with zero attached hydrogens (tertiary/aromatic N) is 1. The lowest BCUT2D eigenvalue weighted by Gasteiger charge is -2.34. The maximum absolute atomic E-state index is 12.9. The van der Waals surface area contributed by atoms with Crippen LogP contribution < -0.4 is 15.0 Å². The molecule has 1 amide bonds. The highest BCUT2D eigenvalue weighted by atomic mass is 16.5. The van der Waals surface area contributed by atoms with E-state index in [1.807, 2.05) is 29.2 Å². The minimum absolute atomic E-state index is 0.0840. The number of fused-ring (bicyclic) bond motifs is 1. The number of para-hydroxylation sites is 2. The molecule has 130 valence electrons. The lowest BCUT2D eigenvalue weighted by Crippen LogP contribution is -2.50. The first-order chi connectivity index (χ1) is 11.8. The van der Waals surface area contributed by atoms with Crippen molar-refractivity contribution >= 4 is 11.6 Å². The molecule has 0 radical (unpaired) electrons. The third kappa shape index (κ3) is 2.80. The van der Waals surface area contributed by atoms with E-state index in [4.69, 9.17) is 9.47 Å². The Morgan fingerprint density at radius 1 is 1.21 bits per heavy atom. The zero-order chi connectivity index (χ0) is 16.5. The lowest BCUT2D eigenvalue weighted by molar-refractivity contribution is -0.119. The van der Waals surface area contributed by atoms with E-state index in [0.717, 1.165) is 43.9 Å². The van der Waals surface area contributed by atoms with Crippen LogP contribution in [0.3, 0.4) is 0 Å². The minimum atomic E-state index is -0.0840. The smallest absolute Gasteiger partial charge is 0.244 e. The Hall–Kier alpha value is -1.59. The molecule has 4 rings (SSSR count). The van der Waals surface area contributed by atoms with Crippen molar-refractivity contribution in [2.75, 3.05) is 25.2 Å². The van der Waals surface area contributed by atoms with Gasteiger partial charge in [-0.3, -0.25) is 4.79 Å². The first kappa shape index (κ1) is 15.9. The fraction of sp³-hybridized carbons (Fsp3) is 0.632. The third-order valence-electron chi connectivity index (χ3n) is 5.78. The average molecular weight is 330 g/mol. The van der Waals surface area contributed by atoms with Crippen LogP contribution >= 0.6 is 0 Å². The number of ether oxygens (including phenoxy) is 2. The van der Waals surface area contributed by atoms with E-state index >= 15 is 0 Å².